The number of rotatable bonds is 2. The van der Waals surface area contributed by atoms with E-state index in [2.05, 4.69) is 9.57 Å². The topological polar surface area (TPSA) is 29.4 Å². The Morgan fingerprint density at radius 2 is 2.00 bits per heavy atom. The monoisotopic (exact) mass is 342 g/mol. The van der Waals surface area contributed by atoms with Crippen LogP contribution in [0.25, 0.3) is 0 Å². The molecule has 0 atom stereocenters. The summed E-state index contributed by atoms with van der Waals surface area (Å²) in [6.07, 6.45) is 1.51. The van der Waals surface area contributed by atoms with Gasteiger partial charge in [0.05, 0.1) is 0 Å². The minimum atomic E-state index is -0.296. The van der Waals surface area contributed by atoms with Gasteiger partial charge in [0, 0.05) is 0 Å². The van der Waals surface area contributed by atoms with Crippen molar-refractivity contribution >= 4 is 38.6 Å². The molecule has 0 heterocycles. The summed E-state index contributed by atoms with van der Waals surface area (Å²) in [5.74, 6) is 0. The predicted molar refractivity (Wildman–Crippen MR) is 45.5 cm³/mol. The molecule has 0 amide bonds. The summed E-state index contributed by atoms with van der Waals surface area (Å²) < 4.78 is 3.66. The molecule has 0 aliphatic heterocycles. The number of aliphatic imine (C=N–C) groups is 1. The maximum absolute atomic E-state index is 9.85. The number of benzene rings is 1. The van der Waals surface area contributed by atoms with E-state index in [1.807, 2.05) is 24.3 Å². The molecule has 0 radical (unpaired) electrons. The number of hydrogen-bond donors (Lipinski definition) is 0. The van der Waals surface area contributed by atoms with E-state index in [0.717, 1.165) is 0 Å². The van der Waals surface area contributed by atoms with Gasteiger partial charge in [-0.25, -0.2) is 0 Å². The summed E-state index contributed by atoms with van der Waals surface area (Å²) in [5, 5.41) is 0. The summed E-state index contributed by atoms with van der Waals surface area (Å²) in [7, 11) is 0. The van der Waals surface area contributed by atoms with Gasteiger partial charge in [0.15, 0.2) is 0 Å². The summed E-state index contributed by atoms with van der Waals surface area (Å²) in [6, 6.07) is 7.76. The van der Waals surface area contributed by atoms with Crippen LogP contribution in [0.15, 0.2) is 29.3 Å². The summed E-state index contributed by atoms with van der Waals surface area (Å²) in [5.41, 5.74) is 0.691. The van der Waals surface area contributed by atoms with Crippen LogP contribution in [-0.2, 0) is 4.79 Å². The van der Waals surface area contributed by atoms with E-state index in [4.69, 9.17) is 0 Å². The van der Waals surface area contributed by atoms with Crippen molar-refractivity contribution in [3.8, 4) is 0 Å². The first-order chi connectivity index (χ1) is 5.36. The van der Waals surface area contributed by atoms with Gasteiger partial charge in [-0.05, 0) is 0 Å². The van der Waals surface area contributed by atoms with Crippen molar-refractivity contribution in [1.29, 1.82) is 0 Å². The molecule has 0 fully saturated rings. The quantitative estimate of drug-likeness (QED) is 0.583. The molecule has 0 unspecified atom stereocenters. The fourth-order valence-electron chi connectivity index (χ4n) is 0.709. The van der Waals surface area contributed by atoms with Gasteiger partial charge in [-0.15, -0.1) is 0 Å². The van der Waals surface area contributed by atoms with Crippen LogP contribution in [0, 0.1) is 0 Å². The number of hydrogen-bond acceptors (Lipinski definition) is 2. The number of carbonyl (C=O) groups excluding carboxylic acids is 1. The Kier molecular flexibility index (Phi) is 3.43. The van der Waals surface area contributed by atoms with Crippen molar-refractivity contribution in [2.24, 2.45) is 4.99 Å². The first-order valence-corrected chi connectivity index (χ1v) is 7.85. The van der Waals surface area contributed by atoms with Gasteiger partial charge in [0.2, 0.25) is 0 Å². The van der Waals surface area contributed by atoms with Crippen LogP contribution in [0.1, 0.15) is 0 Å². The third-order valence-electron chi connectivity index (χ3n) is 1.25. The van der Waals surface area contributed by atoms with Crippen LogP contribution in [0.4, 0.5) is 5.69 Å². The van der Waals surface area contributed by atoms with Gasteiger partial charge in [-0.1, -0.05) is 0 Å². The van der Waals surface area contributed by atoms with Crippen molar-refractivity contribution in [2.45, 2.75) is 4.58 Å². The number of nitrogens with zero attached hydrogens (tertiary/aromatic N) is 1. The molecule has 1 aromatic carbocycles. The van der Waals surface area contributed by atoms with E-state index in [-0.39, 0.29) is 23.6 Å². The van der Waals surface area contributed by atoms with Gasteiger partial charge in [-0.3, -0.25) is 0 Å². The maximum atomic E-state index is 9.85. The molecule has 0 aromatic heterocycles. The van der Waals surface area contributed by atoms with Gasteiger partial charge < -0.3 is 0 Å². The average Bonchev–Trinajstić information content (AvgIpc) is 2.07. The van der Waals surface area contributed by atoms with Crippen LogP contribution in [-0.4, -0.2) is 29.6 Å². The normalized spacial score (nSPS) is 8.82. The number of isocyanates is 1. The first kappa shape index (κ1) is 8.59. The third-order valence-corrected chi connectivity index (χ3v) is 4.14. The zero-order valence-corrected chi connectivity index (χ0v) is 9.25. The average molecular weight is 342 g/mol. The second-order valence-electron chi connectivity index (χ2n) is 1.90. The standard InChI is InChI=1S/C7H4NO.CH3.Po/c9-6-8-7-4-2-1-3-5-7;;/h2-5H;1H3;. The molecular weight excluding hydrogens is 335 g/mol. The zero-order chi connectivity index (χ0) is 8.10. The molecule has 1 aromatic rings. The van der Waals surface area contributed by atoms with Crippen LogP contribution < -0.4 is 3.22 Å². The van der Waals surface area contributed by atoms with Crippen molar-refractivity contribution in [2.75, 3.05) is 0 Å². The van der Waals surface area contributed by atoms with Crippen molar-refractivity contribution in [1.82, 2.24) is 0 Å². The zero-order valence-electron chi connectivity index (χ0n) is 6.07. The second-order valence-corrected chi connectivity index (χ2v) is 5.32. The molecule has 0 bridgehead atoms. The molecule has 0 saturated heterocycles. The molecule has 3 heteroatoms. The molecular formula is C8H7NOPo. The fraction of sp³-hybridized carbons (Fsp3) is 0.125. The second kappa shape index (κ2) is 4.39. The molecule has 2 nitrogen and oxygen atoms in total. The van der Waals surface area contributed by atoms with Crippen molar-refractivity contribution in [3.63, 3.8) is 0 Å². The van der Waals surface area contributed by atoms with Crippen LogP contribution in [0.2, 0.25) is 4.58 Å². The molecule has 0 spiro atoms. The van der Waals surface area contributed by atoms with E-state index >= 15 is 0 Å². The van der Waals surface area contributed by atoms with Gasteiger partial charge >= 0.3 is 77.2 Å². The molecule has 0 aliphatic carbocycles. The Balaban J connectivity index is 2.91. The van der Waals surface area contributed by atoms with E-state index < -0.39 is 0 Å². The van der Waals surface area contributed by atoms with E-state index in [0.29, 0.717) is 5.69 Å². The molecule has 0 aliphatic rings. The van der Waals surface area contributed by atoms with Gasteiger partial charge in [0.25, 0.3) is 0 Å². The summed E-state index contributed by atoms with van der Waals surface area (Å²) >= 11 is -0.296. The Morgan fingerprint density at radius 1 is 1.36 bits per heavy atom. The SMILES string of the molecule is [CH3][Po][c]1ccc(N=C=O)cc1. The Labute approximate surface area is 77.1 Å². The van der Waals surface area contributed by atoms with E-state index in [9.17, 15) is 4.79 Å². The first-order valence-electron chi connectivity index (χ1n) is 3.09. The van der Waals surface area contributed by atoms with Gasteiger partial charge in [0.1, 0.15) is 0 Å². The molecule has 0 N–H and O–H groups in total. The van der Waals surface area contributed by atoms with Crippen LogP contribution in [0.3, 0.4) is 0 Å². The third kappa shape index (κ3) is 2.54. The van der Waals surface area contributed by atoms with E-state index in [1.54, 1.807) is 0 Å². The minimum absolute atomic E-state index is 0.296. The fourth-order valence-corrected chi connectivity index (χ4v) is 2.30. The molecule has 0 saturated carbocycles. The van der Waals surface area contributed by atoms with Crippen LogP contribution in [0.5, 0.6) is 0 Å². The molecule has 11 heavy (non-hydrogen) atoms. The van der Waals surface area contributed by atoms with Gasteiger partial charge in [-0.2, -0.15) is 0 Å². The summed E-state index contributed by atoms with van der Waals surface area (Å²) in [4.78, 5) is 13.3. The summed E-state index contributed by atoms with van der Waals surface area (Å²) in [6.45, 7) is 0. The molecule has 1 rings (SSSR count). The van der Waals surface area contributed by atoms with E-state index in [1.165, 1.54) is 9.30 Å². The van der Waals surface area contributed by atoms with Crippen molar-refractivity contribution < 1.29 is 4.79 Å². The Morgan fingerprint density at radius 3 is 2.45 bits per heavy atom. The Hall–Kier alpha value is -0.504. The Bertz CT molecular complexity index is 275. The predicted octanol–water partition coefficient (Wildman–Crippen LogP) is 1.03. The van der Waals surface area contributed by atoms with Crippen LogP contribution >= 0.6 is 0 Å². The molecule has 56 valence electrons. The van der Waals surface area contributed by atoms with Crippen molar-refractivity contribution in [3.05, 3.63) is 24.3 Å².